The first-order chi connectivity index (χ1) is 21.3. The first-order valence-corrected chi connectivity index (χ1v) is 14.6. The minimum Gasteiger partial charge on any atom is -0.497 e. The number of benzene rings is 4. The van der Waals surface area contributed by atoms with Crippen molar-refractivity contribution in [2.75, 3.05) is 20.8 Å². The first kappa shape index (κ1) is 30.5. The summed E-state index contributed by atoms with van der Waals surface area (Å²) in [5, 5.41) is 24.2. The third-order valence-corrected chi connectivity index (χ3v) is 8.81. The molecule has 1 aliphatic rings. The molecule has 5 atom stereocenters. The van der Waals surface area contributed by atoms with E-state index in [4.69, 9.17) is 14.2 Å². The lowest BCUT2D eigenvalue weighted by atomic mass is 9.47. The highest BCUT2D eigenvalue weighted by Crippen LogP contribution is 2.64. The molecular formula is C37H35NO6. The number of methoxy groups -OCH3 is 2. The van der Waals surface area contributed by atoms with Crippen LogP contribution in [0.3, 0.4) is 0 Å². The molecule has 7 nitrogen and oxygen atoms in total. The standard InChI is InChI=1S/C37H35NO6/c1-4-44-35(40)36(24-38)31(25-15-19-29(42-2)20-16-25)23-37(41,28-13-9-6-10-14-28)33(34(39)27-11-7-5-8-12-27)32(36)26-17-21-30(43-3)22-18-26/h5-22,31-33,41H,4,23H2,1-3H3/t31-,32-,33+,36+,37-/m0/s1. The first-order valence-electron chi connectivity index (χ1n) is 14.6. The molecule has 0 spiro atoms. The van der Waals surface area contributed by atoms with Crippen molar-refractivity contribution in [1.29, 1.82) is 5.26 Å². The fourth-order valence-electron chi connectivity index (χ4n) is 6.73. The zero-order valence-corrected chi connectivity index (χ0v) is 25.0. The number of hydrogen-bond donors (Lipinski definition) is 1. The number of carbonyl (C=O) groups is 2. The van der Waals surface area contributed by atoms with E-state index in [-0.39, 0.29) is 18.8 Å². The Hall–Kier alpha value is -4.93. The number of aliphatic hydroxyl groups is 1. The van der Waals surface area contributed by atoms with Gasteiger partial charge in [0.1, 0.15) is 17.1 Å². The van der Waals surface area contributed by atoms with Crippen LogP contribution in [0.4, 0.5) is 0 Å². The number of carbonyl (C=O) groups excluding carboxylic acids is 2. The van der Waals surface area contributed by atoms with Crippen molar-refractivity contribution in [3.63, 3.8) is 0 Å². The highest BCUT2D eigenvalue weighted by Gasteiger charge is 2.67. The van der Waals surface area contributed by atoms with Gasteiger partial charge >= 0.3 is 5.97 Å². The Morgan fingerprint density at radius 1 is 0.818 bits per heavy atom. The van der Waals surface area contributed by atoms with Crippen LogP contribution in [0.25, 0.3) is 0 Å². The fraction of sp³-hybridized carbons (Fsp3) is 0.270. The van der Waals surface area contributed by atoms with Crippen LogP contribution in [0.15, 0.2) is 109 Å². The number of esters is 1. The lowest BCUT2D eigenvalue weighted by Crippen LogP contribution is -2.59. The van der Waals surface area contributed by atoms with E-state index in [2.05, 4.69) is 6.07 Å². The van der Waals surface area contributed by atoms with Crippen molar-refractivity contribution < 1.29 is 28.9 Å². The van der Waals surface area contributed by atoms with Gasteiger partial charge < -0.3 is 19.3 Å². The molecule has 1 fully saturated rings. The Morgan fingerprint density at radius 2 is 1.34 bits per heavy atom. The molecule has 0 aromatic heterocycles. The van der Waals surface area contributed by atoms with E-state index in [1.165, 1.54) is 0 Å². The van der Waals surface area contributed by atoms with Crippen molar-refractivity contribution in [2.45, 2.75) is 30.8 Å². The average molecular weight is 590 g/mol. The average Bonchev–Trinajstić information content (AvgIpc) is 3.08. The van der Waals surface area contributed by atoms with Crippen LogP contribution in [-0.2, 0) is 15.1 Å². The monoisotopic (exact) mass is 589 g/mol. The summed E-state index contributed by atoms with van der Waals surface area (Å²) in [6.07, 6.45) is -0.0917. The van der Waals surface area contributed by atoms with Crippen molar-refractivity contribution in [3.8, 4) is 17.6 Å². The van der Waals surface area contributed by atoms with Gasteiger partial charge in [-0.2, -0.15) is 5.26 Å². The summed E-state index contributed by atoms with van der Waals surface area (Å²) in [6, 6.07) is 34.1. The summed E-state index contributed by atoms with van der Waals surface area (Å²) in [5.74, 6) is -3.17. The molecule has 0 unspecified atom stereocenters. The molecule has 4 aromatic rings. The van der Waals surface area contributed by atoms with Gasteiger partial charge in [0.2, 0.25) is 0 Å². The normalized spacial score (nSPS) is 24.5. The minimum atomic E-state index is -1.89. The molecule has 1 saturated carbocycles. The van der Waals surface area contributed by atoms with E-state index in [1.54, 1.807) is 124 Å². The maximum atomic E-state index is 14.7. The third-order valence-electron chi connectivity index (χ3n) is 8.81. The van der Waals surface area contributed by atoms with Gasteiger partial charge in [-0.3, -0.25) is 9.59 Å². The topological polar surface area (TPSA) is 106 Å². The molecule has 7 heteroatoms. The molecule has 1 aliphatic carbocycles. The summed E-state index contributed by atoms with van der Waals surface area (Å²) in [6.45, 7) is 1.72. The molecule has 1 N–H and O–H groups in total. The Morgan fingerprint density at radius 3 is 1.84 bits per heavy atom. The van der Waals surface area contributed by atoms with Gasteiger partial charge in [-0.1, -0.05) is 84.9 Å². The smallest absolute Gasteiger partial charge is 0.327 e. The quantitative estimate of drug-likeness (QED) is 0.177. The predicted molar refractivity (Wildman–Crippen MR) is 165 cm³/mol. The van der Waals surface area contributed by atoms with Gasteiger partial charge in [0, 0.05) is 17.4 Å². The molecule has 0 heterocycles. The molecule has 0 saturated heterocycles. The fourth-order valence-corrected chi connectivity index (χ4v) is 6.73. The van der Waals surface area contributed by atoms with Crippen LogP contribution in [0, 0.1) is 22.7 Å². The van der Waals surface area contributed by atoms with E-state index in [0.29, 0.717) is 33.8 Å². The Kier molecular flexibility index (Phi) is 8.84. The van der Waals surface area contributed by atoms with Gasteiger partial charge in [-0.25, -0.2) is 0 Å². The highest BCUT2D eigenvalue weighted by atomic mass is 16.5. The number of Topliss-reactive ketones (excluding diaryl/α,β-unsaturated/α-hetero) is 1. The summed E-state index contributed by atoms with van der Waals surface area (Å²) in [4.78, 5) is 29.1. The number of nitriles is 1. The molecule has 44 heavy (non-hydrogen) atoms. The number of ether oxygens (including phenoxy) is 3. The predicted octanol–water partition coefficient (Wildman–Crippen LogP) is 6.43. The maximum absolute atomic E-state index is 14.7. The zero-order chi connectivity index (χ0) is 31.3. The van der Waals surface area contributed by atoms with E-state index < -0.39 is 34.7 Å². The van der Waals surface area contributed by atoms with Gasteiger partial charge in [-0.15, -0.1) is 0 Å². The highest BCUT2D eigenvalue weighted by molar-refractivity contribution is 6.00. The maximum Gasteiger partial charge on any atom is 0.327 e. The Labute approximate surface area is 257 Å². The Balaban J connectivity index is 1.88. The van der Waals surface area contributed by atoms with Crippen LogP contribution >= 0.6 is 0 Å². The second-order valence-corrected chi connectivity index (χ2v) is 11.0. The second kappa shape index (κ2) is 12.7. The SMILES string of the molecule is CCOC(=O)[C@]1(C#N)[C@H](c2ccc(OC)cc2)C[C@](O)(c2ccccc2)[C@@H](C(=O)c2ccccc2)[C@@H]1c1ccc(OC)cc1. The van der Waals surface area contributed by atoms with Crippen LogP contribution in [-0.4, -0.2) is 37.7 Å². The summed E-state index contributed by atoms with van der Waals surface area (Å²) >= 11 is 0. The molecular weight excluding hydrogens is 554 g/mol. The van der Waals surface area contributed by atoms with Crippen LogP contribution < -0.4 is 9.47 Å². The van der Waals surface area contributed by atoms with Crippen molar-refractivity contribution >= 4 is 11.8 Å². The summed E-state index contributed by atoms with van der Waals surface area (Å²) < 4.78 is 16.5. The number of nitrogens with zero attached hydrogens (tertiary/aromatic N) is 1. The number of hydrogen-bond acceptors (Lipinski definition) is 7. The molecule has 224 valence electrons. The lowest BCUT2D eigenvalue weighted by Gasteiger charge is -2.54. The zero-order valence-electron chi connectivity index (χ0n) is 25.0. The molecule has 5 rings (SSSR count). The van der Waals surface area contributed by atoms with Crippen molar-refractivity contribution in [2.24, 2.45) is 11.3 Å². The molecule has 0 aliphatic heterocycles. The molecule has 0 radical (unpaired) electrons. The summed E-state index contributed by atoms with van der Waals surface area (Å²) in [7, 11) is 3.10. The lowest BCUT2D eigenvalue weighted by molar-refractivity contribution is -0.164. The van der Waals surface area contributed by atoms with Gasteiger partial charge in [0.15, 0.2) is 11.2 Å². The second-order valence-electron chi connectivity index (χ2n) is 11.0. The van der Waals surface area contributed by atoms with Crippen LogP contribution in [0.2, 0.25) is 0 Å². The largest absolute Gasteiger partial charge is 0.497 e. The van der Waals surface area contributed by atoms with Gasteiger partial charge in [0.05, 0.1) is 32.8 Å². The minimum absolute atomic E-state index is 0.0349. The van der Waals surface area contributed by atoms with Crippen molar-refractivity contribution in [3.05, 3.63) is 131 Å². The van der Waals surface area contributed by atoms with E-state index in [1.807, 2.05) is 6.07 Å². The van der Waals surface area contributed by atoms with E-state index in [9.17, 15) is 20.0 Å². The van der Waals surface area contributed by atoms with Crippen LogP contribution in [0.1, 0.15) is 52.2 Å². The molecule has 0 amide bonds. The molecule has 0 bridgehead atoms. The summed E-state index contributed by atoms with van der Waals surface area (Å²) in [5.41, 5.74) is -1.63. The van der Waals surface area contributed by atoms with Gasteiger partial charge in [0.25, 0.3) is 0 Å². The van der Waals surface area contributed by atoms with Crippen molar-refractivity contribution in [1.82, 2.24) is 0 Å². The van der Waals surface area contributed by atoms with Crippen LogP contribution in [0.5, 0.6) is 11.5 Å². The third kappa shape index (κ3) is 5.23. The van der Waals surface area contributed by atoms with E-state index >= 15 is 0 Å². The molecule has 4 aromatic carbocycles. The van der Waals surface area contributed by atoms with Gasteiger partial charge in [-0.05, 0) is 54.3 Å². The number of ketones is 1. The Bertz CT molecular complexity index is 1630. The number of rotatable bonds is 9. The van der Waals surface area contributed by atoms with E-state index in [0.717, 1.165) is 0 Å².